The first-order chi connectivity index (χ1) is 23.1. The number of fused-ring (bicyclic) bond motifs is 6. The lowest BCUT2D eigenvalue weighted by Crippen LogP contribution is -2.25. The molecule has 2 aliphatic heterocycles. The molecule has 48 heavy (non-hydrogen) atoms. The van der Waals surface area contributed by atoms with Gasteiger partial charge in [-0.25, -0.2) is 19.6 Å². The fourth-order valence-electron chi connectivity index (χ4n) is 5.25. The summed E-state index contributed by atoms with van der Waals surface area (Å²) < 4.78 is 13.4. The van der Waals surface area contributed by atoms with Crippen LogP contribution in [0.4, 0.5) is 11.4 Å². The molecule has 18 heteroatoms. The summed E-state index contributed by atoms with van der Waals surface area (Å²) >= 11 is 0. The van der Waals surface area contributed by atoms with Crippen LogP contribution in [-0.2, 0) is 22.6 Å². The molecular formula is C30H28N12O6. The lowest BCUT2D eigenvalue weighted by Gasteiger charge is -2.14. The van der Waals surface area contributed by atoms with Crippen LogP contribution in [-0.4, -0.2) is 80.0 Å². The summed E-state index contributed by atoms with van der Waals surface area (Å²) in [7, 11) is 3.26. The van der Waals surface area contributed by atoms with Crippen molar-refractivity contribution in [2.24, 2.45) is 10.2 Å². The third kappa shape index (κ3) is 6.11. The van der Waals surface area contributed by atoms with Gasteiger partial charge in [-0.3, -0.25) is 18.7 Å². The molecule has 4 heterocycles. The van der Waals surface area contributed by atoms with E-state index in [1.54, 1.807) is 61.3 Å². The highest BCUT2D eigenvalue weighted by molar-refractivity contribution is 6.00. The van der Waals surface area contributed by atoms with Gasteiger partial charge in [0.25, 0.3) is 11.8 Å². The fraction of sp³-hybridized carbons (Fsp3) is 0.267. The predicted octanol–water partition coefficient (Wildman–Crippen LogP) is 5.15. The van der Waals surface area contributed by atoms with Gasteiger partial charge in [-0.15, -0.1) is 0 Å². The highest BCUT2D eigenvalue weighted by Crippen LogP contribution is 2.30. The van der Waals surface area contributed by atoms with Crippen molar-refractivity contribution in [3.05, 3.63) is 104 Å². The van der Waals surface area contributed by atoms with E-state index in [1.807, 2.05) is 0 Å². The molecule has 0 saturated carbocycles. The van der Waals surface area contributed by atoms with E-state index in [2.05, 4.69) is 30.0 Å². The number of benzene rings is 2. The zero-order valence-corrected chi connectivity index (χ0v) is 26.3. The summed E-state index contributed by atoms with van der Waals surface area (Å²) in [6.45, 7) is 4.33. The number of carbonyl (C=O) groups excluding carboxylic acids is 4. The van der Waals surface area contributed by atoms with E-state index >= 15 is 0 Å². The number of azide groups is 2. The van der Waals surface area contributed by atoms with Gasteiger partial charge in [0, 0.05) is 35.3 Å². The van der Waals surface area contributed by atoms with Crippen molar-refractivity contribution in [3.63, 3.8) is 0 Å². The molecule has 2 amide bonds. The minimum absolute atomic E-state index is 0.184. The van der Waals surface area contributed by atoms with Crippen LogP contribution in [0.1, 0.15) is 66.9 Å². The smallest absolute Gasteiger partial charge is 0.358 e. The van der Waals surface area contributed by atoms with Crippen molar-refractivity contribution >= 4 is 35.1 Å². The Kier molecular flexibility index (Phi) is 9.40. The second kappa shape index (κ2) is 13.8. The Hall–Kier alpha value is -6.64. The summed E-state index contributed by atoms with van der Waals surface area (Å²) in [5, 5.41) is 7.06. The number of esters is 2. The van der Waals surface area contributed by atoms with Gasteiger partial charge in [0.2, 0.25) is 0 Å². The van der Waals surface area contributed by atoms with Gasteiger partial charge >= 0.3 is 11.9 Å². The van der Waals surface area contributed by atoms with Crippen molar-refractivity contribution < 1.29 is 28.7 Å². The summed E-state index contributed by atoms with van der Waals surface area (Å²) in [4.78, 5) is 66.1. The summed E-state index contributed by atoms with van der Waals surface area (Å²) in [5.41, 5.74) is 21.2. The van der Waals surface area contributed by atoms with E-state index in [0.29, 0.717) is 45.3 Å². The Labute approximate surface area is 272 Å². The molecule has 0 bridgehead atoms. The number of rotatable bonds is 6. The van der Waals surface area contributed by atoms with E-state index in [1.165, 1.54) is 34.6 Å². The predicted molar refractivity (Wildman–Crippen MR) is 168 cm³/mol. The lowest BCUT2D eigenvalue weighted by atomic mass is 10.1. The number of carbonyl (C=O) groups is 4. The molecule has 6 rings (SSSR count). The first-order valence-electron chi connectivity index (χ1n) is 14.5. The van der Waals surface area contributed by atoms with Gasteiger partial charge < -0.3 is 19.3 Å². The summed E-state index contributed by atoms with van der Waals surface area (Å²) in [6, 6.07) is 9.57. The molecule has 0 unspecified atom stereocenters. The number of nitrogens with zero attached hydrogens (tertiary/aromatic N) is 12. The normalized spacial score (nSPS) is 12.8. The molecule has 4 aromatic rings. The number of imidazole rings is 2. The monoisotopic (exact) mass is 652 g/mol. The molecule has 244 valence electrons. The van der Waals surface area contributed by atoms with Crippen molar-refractivity contribution in [2.75, 3.05) is 27.3 Å². The second-order valence-electron chi connectivity index (χ2n) is 10.4. The van der Waals surface area contributed by atoms with Gasteiger partial charge in [0.05, 0.1) is 60.2 Å². The number of hydrogen-bond acceptors (Lipinski definition) is 10. The second-order valence-corrected chi connectivity index (χ2v) is 10.4. The van der Waals surface area contributed by atoms with Crippen LogP contribution in [0.3, 0.4) is 0 Å². The van der Waals surface area contributed by atoms with Crippen LogP contribution >= 0.6 is 0 Å². The molecule has 0 saturated heterocycles. The Balaban J connectivity index is 0.000000188. The third-order valence-electron chi connectivity index (χ3n) is 7.40. The topological polar surface area (TPSA) is 226 Å². The van der Waals surface area contributed by atoms with Crippen molar-refractivity contribution in [1.29, 1.82) is 0 Å². The van der Waals surface area contributed by atoms with Crippen molar-refractivity contribution in [2.45, 2.75) is 26.9 Å². The largest absolute Gasteiger partial charge is 0.461 e. The zero-order chi connectivity index (χ0) is 34.5. The van der Waals surface area contributed by atoms with Crippen LogP contribution in [0, 0.1) is 0 Å². The summed E-state index contributed by atoms with van der Waals surface area (Å²) in [5.74, 6) is -1.53. The number of aromatic nitrogens is 4. The maximum Gasteiger partial charge on any atom is 0.358 e. The highest BCUT2D eigenvalue weighted by Gasteiger charge is 2.30. The molecule has 0 fully saturated rings. The molecule has 0 aliphatic carbocycles. The first-order valence-corrected chi connectivity index (χ1v) is 14.5. The maximum atomic E-state index is 12.6. The van der Waals surface area contributed by atoms with Gasteiger partial charge in [-0.05, 0) is 49.2 Å². The SMILES string of the molecule is CCOC(=O)c1ncn2c1CN(C)C(=O)c1cc(N=[N+]=[N-])ccc1-2.CCOC(=O)c1ncn2c1CN(C)C(=O)c1cc(N=[N+]=[N-])ccc1-2. The molecule has 2 aliphatic rings. The van der Waals surface area contributed by atoms with Gasteiger partial charge in [-0.1, -0.05) is 22.4 Å². The van der Waals surface area contributed by atoms with Crippen LogP contribution in [0.5, 0.6) is 0 Å². The van der Waals surface area contributed by atoms with Crippen LogP contribution in [0.2, 0.25) is 0 Å². The quantitative estimate of drug-likeness (QED) is 0.117. The molecule has 2 aromatic heterocycles. The van der Waals surface area contributed by atoms with Crippen molar-refractivity contribution in [1.82, 2.24) is 28.9 Å². The first kappa shape index (κ1) is 32.7. The molecule has 0 spiro atoms. The Morgan fingerprint density at radius 3 is 1.50 bits per heavy atom. The van der Waals surface area contributed by atoms with E-state index in [-0.39, 0.29) is 49.5 Å². The number of amides is 2. The average Bonchev–Trinajstić information content (AvgIpc) is 3.64. The lowest BCUT2D eigenvalue weighted by molar-refractivity contribution is 0.0507. The fourth-order valence-corrected chi connectivity index (χ4v) is 5.25. The van der Waals surface area contributed by atoms with E-state index in [9.17, 15) is 19.2 Å². The number of ether oxygens (including phenoxy) is 2. The van der Waals surface area contributed by atoms with Crippen LogP contribution < -0.4 is 0 Å². The zero-order valence-electron chi connectivity index (χ0n) is 26.3. The molecule has 0 atom stereocenters. The van der Waals surface area contributed by atoms with Gasteiger partial charge in [-0.2, -0.15) is 0 Å². The standard InChI is InChI=1S/2C15H14N6O3/c2*1-3-24-15(23)13-12-7-20(2)14(22)10-6-9(18-19-16)4-5-11(10)21(12)8-17-13/h2*4-6,8H,3,7H2,1-2H3. The Morgan fingerprint density at radius 2 is 1.15 bits per heavy atom. The molecule has 0 N–H and O–H groups in total. The molecule has 2 aromatic carbocycles. The Morgan fingerprint density at radius 1 is 0.750 bits per heavy atom. The Bertz CT molecular complexity index is 1910. The van der Waals surface area contributed by atoms with E-state index in [0.717, 1.165) is 0 Å². The van der Waals surface area contributed by atoms with Crippen LogP contribution in [0.25, 0.3) is 32.3 Å². The minimum Gasteiger partial charge on any atom is -0.461 e. The van der Waals surface area contributed by atoms with Gasteiger partial charge in [0.15, 0.2) is 11.4 Å². The molecule has 18 nitrogen and oxygen atoms in total. The molecular weight excluding hydrogens is 624 g/mol. The number of hydrogen-bond donors (Lipinski definition) is 0. The summed E-state index contributed by atoms with van der Waals surface area (Å²) in [6.07, 6.45) is 2.97. The van der Waals surface area contributed by atoms with E-state index in [4.69, 9.17) is 20.5 Å². The maximum absolute atomic E-state index is 12.6. The minimum atomic E-state index is -0.527. The third-order valence-corrected chi connectivity index (χ3v) is 7.40. The van der Waals surface area contributed by atoms with Crippen molar-refractivity contribution in [3.8, 4) is 11.4 Å². The molecule has 0 radical (unpaired) electrons. The van der Waals surface area contributed by atoms with E-state index < -0.39 is 11.9 Å². The van der Waals surface area contributed by atoms with Crippen LogP contribution in [0.15, 0.2) is 59.3 Å². The average molecular weight is 653 g/mol. The highest BCUT2D eigenvalue weighted by atomic mass is 16.5. The van der Waals surface area contributed by atoms with Gasteiger partial charge in [0.1, 0.15) is 12.7 Å².